The Morgan fingerprint density at radius 2 is 1.91 bits per heavy atom. The van der Waals surface area contributed by atoms with Crippen molar-refractivity contribution in [1.29, 1.82) is 0 Å². The summed E-state index contributed by atoms with van der Waals surface area (Å²) in [6.07, 6.45) is 7.06. The van der Waals surface area contributed by atoms with E-state index >= 15 is 0 Å². The van der Waals surface area contributed by atoms with E-state index in [-0.39, 0.29) is 35.8 Å². The topological polar surface area (TPSA) is 87.7 Å². The van der Waals surface area contributed by atoms with Crippen LogP contribution in [0.3, 0.4) is 0 Å². The molecule has 7 rings (SSSR count). The van der Waals surface area contributed by atoms with Gasteiger partial charge in [0.25, 0.3) is 5.91 Å². The maximum atomic E-state index is 13.9. The van der Waals surface area contributed by atoms with E-state index in [1.807, 2.05) is 12.1 Å². The maximum Gasteiger partial charge on any atom is 0.255 e. The van der Waals surface area contributed by atoms with Crippen molar-refractivity contribution < 1.29 is 23.5 Å². The minimum atomic E-state index is -0.867. The highest BCUT2D eigenvalue weighted by atomic mass is 19.1. The number of hydrogen-bond donors (Lipinski definition) is 2. The smallest absolute Gasteiger partial charge is 0.255 e. The second kappa shape index (κ2) is 7.52. The fourth-order valence-electron chi connectivity index (χ4n) is 6.67. The standard InChI is InChI=1S/C25H30FN3O4/c26-25-11-24(12-25,13-25)14-27-18-3-1-2-4-20(18)33-16-5-6-17-15(9-16)10-29(23(17)32)19-7-8-21(30)28-22(19)31/h5-6,9,18-20,27H,1-4,7-8,10-14H2,(H,28,30,31). The van der Waals surface area contributed by atoms with Gasteiger partial charge >= 0.3 is 0 Å². The minimum absolute atomic E-state index is 0.0480. The lowest BCUT2D eigenvalue weighted by atomic mass is 9.42. The predicted molar refractivity (Wildman–Crippen MR) is 117 cm³/mol. The molecule has 5 fully saturated rings. The zero-order valence-corrected chi connectivity index (χ0v) is 18.7. The Labute approximate surface area is 192 Å². The second-order valence-corrected chi connectivity index (χ2v) is 10.8. The number of amides is 3. The van der Waals surface area contributed by atoms with Crippen molar-refractivity contribution >= 4 is 17.7 Å². The van der Waals surface area contributed by atoms with Gasteiger partial charge in [0.2, 0.25) is 11.8 Å². The number of alkyl halides is 1. The molecular weight excluding hydrogens is 425 g/mol. The van der Waals surface area contributed by atoms with Gasteiger partial charge in [-0.15, -0.1) is 0 Å². The van der Waals surface area contributed by atoms with Gasteiger partial charge in [-0.25, -0.2) is 4.39 Å². The number of ether oxygens (including phenoxy) is 1. The van der Waals surface area contributed by atoms with Crippen molar-refractivity contribution in [1.82, 2.24) is 15.5 Å². The third-order valence-corrected chi connectivity index (χ3v) is 8.30. The number of nitrogens with zero attached hydrogens (tertiary/aromatic N) is 1. The highest BCUT2D eigenvalue weighted by molar-refractivity contribution is 6.05. The number of carbonyl (C=O) groups excluding carboxylic acids is 3. The van der Waals surface area contributed by atoms with Gasteiger partial charge in [-0.1, -0.05) is 6.42 Å². The maximum absolute atomic E-state index is 13.9. The summed E-state index contributed by atoms with van der Waals surface area (Å²) in [5.41, 5.74) is 0.747. The molecule has 2 N–H and O–H groups in total. The number of hydrogen-bond acceptors (Lipinski definition) is 5. The van der Waals surface area contributed by atoms with Gasteiger partial charge < -0.3 is 15.0 Å². The van der Waals surface area contributed by atoms with E-state index in [2.05, 4.69) is 10.6 Å². The Morgan fingerprint density at radius 3 is 2.67 bits per heavy atom. The number of nitrogens with one attached hydrogen (secondary N) is 2. The molecule has 8 heteroatoms. The van der Waals surface area contributed by atoms with E-state index in [1.165, 1.54) is 0 Å². The number of benzene rings is 1. The monoisotopic (exact) mass is 455 g/mol. The van der Waals surface area contributed by atoms with E-state index in [0.29, 0.717) is 37.8 Å². The molecule has 2 bridgehead atoms. The van der Waals surface area contributed by atoms with Crippen LogP contribution in [-0.4, -0.2) is 53.0 Å². The molecule has 33 heavy (non-hydrogen) atoms. The lowest BCUT2D eigenvalue weighted by Gasteiger charge is -2.66. The summed E-state index contributed by atoms with van der Waals surface area (Å²) >= 11 is 0. The van der Waals surface area contributed by atoms with Crippen LogP contribution in [0, 0.1) is 5.41 Å². The van der Waals surface area contributed by atoms with Gasteiger partial charge in [0.05, 0.1) is 0 Å². The molecule has 0 radical (unpaired) electrons. The van der Waals surface area contributed by atoms with Crippen LogP contribution in [0.1, 0.15) is 73.7 Å². The first-order chi connectivity index (χ1) is 15.8. The average Bonchev–Trinajstić information content (AvgIpc) is 3.06. The van der Waals surface area contributed by atoms with E-state index in [1.54, 1.807) is 11.0 Å². The quantitative estimate of drug-likeness (QED) is 0.644. The molecule has 176 valence electrons. The molecule has 3 amide bonds. The van der Waals surface area contributed by atoms with Gasteiger partial charge in [0.15, 0.2) is 0 Å². The largest absolute Gasteiger partial charge is 0.489 e. The molecule has 2 heterocycles. The Balaban J connectivity index is 1.11. The van der Waals surface area contributed by atoms with E-state index in [9.17, 15) is 18.8 Å². The number of piperidine rings is 1. The number of imide groups is 1. The highest BCUT2D eigenvalue weighted by Gasteiger charge is 2.68. The molecule has 4 saturated carbocycles. The van der Waals surface area contributed by atoms with Crippen LogP contribution in [0.25, 0.3) is 0 Å². The van der Waals surface area contributed by atoms with Gasteiger partial charge in [-0.3, -0.25) is 19.7 Å². The molecule has 1 aromatic rings. The second-order valence-electron chi connectivity index (χ2n) is 10.8. The lowest BCUT2D eigenvalue weighted by Crippen LogP contribution is -2.68. The number of carbonyl (C=O) groups is 3. The fraction of sp³-hybridized carbons (Fsp3) is 0.640. The number of halogens is 1. The van der Waals surface area contributed by atoms with Crippen LogP contribution in [0.2, 0.25) is 0 Å². The molecule has 2 aliphatic heterocycles. The summed E-state index contributed by atoms with van der Waals surface area (Å²) in [6, 6.07) is 5.17. The molecule has 1 saturated heterocycles. The summed E-state index contributed by atoms with van der Waals surface area (Å²) in [6.45, 7) is 1.21. The van der Waals surface area contributed by atoms with Gasteiger partial charge in [0.1, 0.15) is 23.6 Å². The summed E-state index contributed by atoms with van der Waals surface area (Å²) in [7, 11) is 0. The van der Waals surface area contributed by atoms with Crippen molar-refractivity contribution in [3.63, 3.8) is 0 Å². The van der Waals surface area contributed by atoms with Crippen molar-refractivity contribution in [2.45, 2.75) is 88.2 Å². The van der Waals surface area contributed by atoms with Crippen LogP contribution in [0.4, 0.5) is 4.39 Å². The molecule has 3 unspecified atom stereocenters. The fourth-order valence-corrected chi connectivity index (χ4v) is 6.67. The average molecular weight is 456 g/mol. The minimum Gasteiger partial charge on any atom is -0.489 e. The first kappa shape index (κ1) is 21.1. The summed E-state index contributed by atoms with van der Waals surface area (Å²) in [4.78, 5) is 38.2. The zero-order valence-electron chi connectivity index (χ0n) is 18.7. The van der Waals surface area contributed by atoms with Crippen LogP contribution >= 0.6 is 0 Å². The van der Waals surface area contributed by atoms with Crippen LogP contribution < -0.4 is 15.4 Å². The molecule has 6 aliphatic rings. The first-order valence-electron chi connectivity index (χ1n) is 12.2. The Bertz CT molecular complexity index is 1010. The normalized spacial score (nSPS) is 37.2. The molecule has 0 aromatic heterocycles. The first-order valence-corrected chi connectivity index (χ1v) is 12.2. The van der Waals surface area contributed by atoms with Crippen molar-refractivity contribution in [3.8, 4) is 5.75 Å². The van der Waals surface area contributed by atoms with E-state index in [4.69, 9.17) is 4.74 Å². The van der Waals surface area contributed by atoms with Gasteiger partial charge in [-0.05, 0) is 74.1 Å². The number of rotatable bonds is 6. The summed E-state index contributed by atoms with van der Waals surface area (Å²) < 4.78 is 20.3. The summed E-state index contributed by atoms with van der Waals surface area (Å²) in [5, 5.41) is 6.02. The van der Waals surface area contributed by atoms with Crippen molar-refractivity contribution in [3.05, 3.63) is 29.3 Å². The van der Waals surface area contributed by atoms with Crippen LogP contribution in [0.15, 0.2) is 18.2 Å². The third-order valence-electron chi connectivity index (χ3n) is 8.30. The van der Waals surface area contributed by atoms with E-state index in [0.717, 1.165) is 43.5 Å². The molecule has 7 nitrogen and oxygen atoms in total. The van der Waals surface area contributed by atoms with Crippen LogP contribution in [0.5, 0.6) is 5.75 Å². The Hall–Kier alpha value is -2.48. The van der Waals surface area contributed by atoms with Gasteiger partial charge in [0, 0.05) is 31.1 Å². The Morgan fingerprint density at radius 1 is 1.12 bits per heavy atom. The van der Waals surface area contributed by atoms with Gasteiger partial charge in [-0.2, -0.15) is 0 Å². The zero-order chi connectivity index (χ0) is 22.8. The van der Waals surface area contributed by atoms with E-state index < -0.39 is 17.6 Å². The highest BCUT2D eigenvalue weighted by Crippen LogP contribution is 2.69. The predicted octanol–water partition coefficient (Wildman–Crippen LogP) is 2.62. The molecule has 3 atom stereocenters. The molecule has 4 aliphatic carbocycles. The van der Waals surface area contributed by atoms with Crippen molar-refractivity contribution in [2.75, 3.05) is 6.54 Å². The molecule has 0 spiro atoms. The van der Waals surface area contributed by atoms with Crippen molar-refractivity contribution in [2.24, 2.45) is 5.41 Å². The SMILES string of the molecule is O=C1CCC(N2Cc3cc(OC4CCCCC4NCC45CC(F)(C4)C5)ccc3C2=O)C(=O)N1. The summed E-state index contributed by atoms with van der Waals surface area (Å²) in [5.74, 6) is -0.126. The third kappa shape index (κ3) is 3.63. The molecular formula is C25H30FN3O4. The number of fused-ring (bicyclic) bond motifs is 1. The van der Waals surface area contributed by atoms with Crippen LogP contribution in [-0.2, 0) is 16.1 Å². The lowest BCUT2D eigenvalue weighted by molar-refractivity contribution is -0.211. The Kier molecular flexibility index (Phi) is 4.80. The molecule has 1 aromatic carbocycles.